The molecule has 0 atom stereocenters. The molecule has 0 fully saturated rings. The van der Waals surface area contributed by atoms with E-state index >= 15 is 0 Å². The number of esters is 1. The van der Waals surface area contributed by atoms with Gasteiger partial charge in [0.25, 0.3) is 0 Å². The van der Waals surface area contributed by atoms with Crippen LogP contribution in [0.2, 0.25) is 0 Å². The number of alkyl halides is 1. The average Bonchev–Trinajstić information content (AvgIpc) is 2.56. The van der Waals surface area contributed by atoms with Crippen LogP contribution in [0.25, 0.3) is 0 Å². The summed E-state index contributed by atoms with van der Waals surface area (Å²) in [5, 5.41) is 0. The smallest absolute Gasteiger partial charge is 0.330 e. The van der Waals surface area contributed by atoms with Crippen molar-refractivity contribution in [2.75, 3.05) is 27.2 Å². The maximum Gasteiger partial charge on any atom is 0.330 e. The molecule has 128 valence electrons. The first kappa shape index (κ1) is 23.2. The van der Waals surface area contributed by atoms with Crippen molar-refractivity contribution in [3.05, 3.63) is 61.2 Å². The van der Waals surface area contributed by atoms with Gasteiger partial charge in [-0.1, -0.05) is 43.5 Å². The van der Waals surface area contributed by atoms with Gasteiger partial charge in [0, 0.05) is 18.5 Å². The molecule has 0 saturated carbocycles. The number of amides is 1. The predicted molar refractivity (Wildman–Crippen MR) is 95.1 cm³/mol. The zero-order valence-corrected chi connectivity index (χ0v) is 14.5. The second kappa shape index (κ2) is 16.3. The third-order valence-electron chi connectivity index (χ3n) is 2.15. The maximum atomic E-state index is 10.4. The molecule has 0 saturated heterocycles. The lowest BCUT2D eigenvalue weighted by molar-refractivity contribution is -0.138. The monoisotopic (exact) mass is 340 g/mol. The van der Waals surface area contributed by atoms with Crippen LogP contribution in [0, 0.1) is 0 Å². The van der Waals surface area contributed by atoms with Crippen molar-refractivity contribution in [3.63, 3.8) is 0 Å². The molecule has 0 aromatic heterocycles. The number of likely N-dealkylation sites (N-methyl/N-ethyl adjacent to an activating group) is 1. The predicted octanol–water partition coefficient (Wildman–Crippen LogP) is 2.36. The summed E-state index contributed by atoms with van der Waals surface area (Å²) in [6, 6.07) is 9.96. The Bertz CT molecular complexity index is 462. The van der Waals surface area contributed by atoms with Crippen LogP contribution in [0.4, 0.5) is 0 Å². The van der Waals surface area contributed by atoms with Crippen LogP contribution < -0.4 is 5.73 Å². The summed E-state index contributed by atoms with van der Waals surface area (Å²) in [6.45, 7) is 7.53. The number of hydrogen-bond acceptors (Lipinski definition) is 4. The number of rotatable bonds is 6. The van der Waals surface area contributed by atoms with E-state index in [0.29, 0.717) is 12.5 Å². The fourth-order valence-corrected chi connectivity index (χ4v) is 1.13. The number of ether oxygens (including phenoxy) is 1. The Balaban J connectivity index is 0. The van der Waals surface area contributed by atoms with E-state index in [0.717, 1.165) is 18.7 Å². The van der Waals surface area contributed by atoms with Gasteiger partial charge in [-0.25, -0.2) is 4.79 Å². The molecule has 1 aromatic carbocycles. The van der Waals surface area contributed by atoms with E-state index in [9.17, 15) is 9.59 Å². The number of primary amides is 1. The first-order chi connectivity index (χ1) is 10.9. The molecule has 0 bridgehead atoms. The molecule has 6 heteroatoms. The van der Waals surface area contributed by atoms with Gasteiger partial charge in [0.1, 0.15) is 6.61 Å². The first-order valence-corrected chi connectivity index (χ1v) is 7.36. The Kier molecular flexibility index (Phi) is 16.4. The van der Waals surface area contributed by atoms with Gasteiger partial charge in [-0.2, -0.15) is 0 Å². The van der Waals surface area contributed by atoms with Crippen LogP contribution >= 0.6 is 11.6 Å². The molecule has 0 heterocycles. The summed E-state index contributed by atoms with van der Waals surface area (Å²) in [4.78, 5) is 21.8. The van der Waals surface area contributed by atoms with E-state index in [-0.39, 0.29) is 5.97 Å². The molecule has 1 aromatic rings. The second-order valence-electron chi connectivity index (χ2n) is 4.40. The maximum absolute atomic E-state index is 10.4. The summed E-state index contributed by atoms with van der Waals surface area (Å²) < 4.78 is 4.70. The fraction of sp³-hybridized carbons (Fsp3) is 0.294. The number of hydrogen-bond donors (Lipinski definition) is 1. The Morgan fingerprint density at radius 1 is 1.22 bits per heavy atom. The van der Waals surface area contributed by atoms with E-state index < -0.39 is 5.91 Å². The van der Waals surface area contributed by atoms with Crippen molar-refractivity contribution in [1.82, 2.24) is 4.90 Å². The molecule has 0 aliphatic rings. The summed E-state index contributed by atoms with van der Waals surface area (Å²) in [7, 11) is 3.84. The molecule has 1 amide bonds. The second-order valence-corrected chi connectivity index (χ2v) is 4.67. The molecule has 2 N–H and O–H groups in total. The third-order valence-corrected chi connectivity index (χ3v) is 2.46. The fourth-order valence-electron chi connectivity index (χ4n) is 0.955. The lowest BCUT2D eigenvalue weighted by Crippen LogP contribution is -2.19. The molecule has 0 aliphatic heterocycles. The summed E-state index contributed by atoms with van der Waals surface area (Å²) in [6.07, 6.45) is 2.22. The van der Waals surface area contributed by atoms with E-state index in [4.69, 9.17) is 16.3 Å². The number of carbonyl (C=O) groups is 2. The van der Waals surface area contributed by atoms with Gasteiger partial charge in [0.2, 0.25) is 5.91 Å². The zero-order valence-electron chi connectivity index (χ0n) is 13.7. The number of halogens is 1. The topological polar surface area (TPSA) is 72.6 Å². The molecule has 0 spiro atoms. The van der Waals surface area contributed by atoms with E-state index in [1.165, 1.54) is 5.56 Å². The average molecular weight is 341 g/mol. The van der Waals surface area contributed by atoms with Crippen molar-refractivity contribution in [2.24, 2.45) is 5.73 Å². The van der Waals surface area contributed by atoms with Crippen LogP contribution in [-0.4, -0.2) is 44.0 Å². The van der Waals surface area contributed by atoms with E-state index in [2.05, 4.69) is 18.9 Å². The van der Waals surface area contributed by atoms with Crippen molar-refractivity contribution in [3.8, 4) is 0 Å². The number of benzene rings is 1. The van der Waals surface area contributed by atoms with Crippen LogP contribution in [0.15, 0.2) is 55.6 Å². The van der Waals surface area contributed by atoms with Gasteiger partial charge in [-0.05, 0) is 25.7 Å². The van der Waals surface area contributed by atoms with Gasteiger partial charge in [-0.3, -0.25) is 4.79 Å². The minimum atomic E-state index is -0.481. The zero-order chi connectivity index (χ0) is 18.1. The molecule has 0 aliphatic carbocycles. The highest BCUT2D eigenvalue weighted by molar-refractivity contribution is 6.17. The van der Waals surface area contributed by atoms with Crippen molar-refractivity contribution < 1.29 is 14.3 Å². The highest BCUT2D eigenvalue weighted by Crippen LogP contribution is 2.00. The van der Waals surface area contributed by atoms with Crippen LogP contribution in [0.1, 0.15) is 5.56 Å². The van der Waals surface area contributed by atoms with Gasteiger partial charge in [0.05, 0.1) is 0 Å². The SMILES string of the molecule is C=CC(=O)OCCN(C)C.C=CC(N)=O.ClCc1ccccc1. The molecule has 23 heavy (non-hydrogen) atoms. The molecule has 5 nitrogen and oxygen atoms in total. The normalized spacial score (nSPS) is 8.70. The molecular formula is C17H25ClN2O3. The van der Waals surface area contributed by atoms with Crippen LogP contribution in [0.3, 0.4) is 0 Å². The summed E-state index contributed by atoms with van der Waals surface area (Å²) in [5.41, 5.74) is 5.71. The van der Waals surface area contributed by atoms with E-state index in [1.54, 1.807) is 0 Å². The van der Waals surface area contributed by atoms with Crippen molar-refractivity contribution in [1.29, 1.82) is 0 Å². The molecule has 0 unspecified atom stereocenters. The molecule has 0 radical (unpaired) electrons. The van der Waals surface area contributed by atoms with Gasteiger partial charge < -0.3 is 15.4 Å². The molecular weight excluding hydrogens is 316 g/mol. The largest absolute Gasteiger partial charge is 0.461 e. The Hall–Kier alpha value is -2.11. The van der Waals surface area contributed by atoms with Crippen molar-refractivity contribution >= 4 is 23.5 Å². The van der Waals surface area contributed by atoms with Crippen LogP contribution in [-0.2, 0) is 20.2 Å². The van der Waals surface area contributed by atoms with Gasteiger partial charge in [-0.15, -0.1) is 11.6 Å². The number of carbonyl (C=O) groups excluding carboxylic acids is 2. The highest BCUT2D eigenvalue weighted by Gasteiger charge is 1.94. The summed E-state index contributed by atoms with van der Waals surface area (Å²) >= 11 is 5.53. The van der Waals surface area contributed by atoms with Crippen molar-refractivity contribution in [2.45, 2.75) is 5.88 Å². The number of nitrogens with two attached hydrogens (primary N) is 1. The standard InChI is InChI=1S/C7H7Cl.C7H13NO2.C3H5NO/c8-6-7-4-2-1-3-5-7;1-4-7(9)10-6-5-8(2)3;1-2-3(4)5/h1-5H,6H2;4H,1,5-6H2,2-3H3;2H,1H2,(H2,4,5). The highest BCUT2D eigenvalue weighted by atomic mass is 35.5. The Labute approximate surface area is 143 Å². The Morgan fingerprint density at radius 2 is 1.74 bits per heavy atom. The van der Waals surface area contributed by atoms with Crippen LogP contribution in [0.5, 0.6) is 0 Å². The number of nitrogens with zero attached hydrogens (tertiary/aromatic N) is 1. The molecule has 1 rings (SSSR count). The lowest BCUT2D eigenvalue weighted by Gasteiger charge is -2.07. The first-order valence-electron chi connectivity index (χ1n) is 6.83. The lowest BCUT2D eigenvalue weighted by atomic mass is 10.2. The van der Waals surface area contributed by atoms with Gasteiger partial charge >= 0.3 is 5.97 Å². The quantitative estimate of drug-likeness (QED) is 0.490. The van der Waals surface area contributed by atoms with Gasteiger partial charge in [0.15, 0.2) is 0 Å². The minimum Gasteiger partial charge on any atom is -0.461 e. The third kappa shape index (κ3) is 19.9. The Morgan fingerprint density at radius 3 is 2.04 bits per heavy atom. The van der Waals surface area contributed by atoms with E-state index in [1.807, 2.05) is 49.3 Å². The summed E-state index contributed by atoms with van der Waals surface area (Å²) in [5.74, 6) is -0.229. The minimum absolute atomic E-state index is 0.359.